The average molecular weight is 456 g/mol. The Labute approximate surface area is 198 Å². The van der Waals surface area contributed by atoms with E-state index in [1.165, 1.54) is 44.9 Å². The van der Waals surface area contributed by atoms with E-state index in [0.717, 1.165) is 57.5 Å². The summed E-state index contributed by atoms with van der Waals surface area (Å²) in [5.41, 5.74) is 2.01. The molecule has 7 aliphatic rings. The molecule has 4 saturated carbocycles. The van der Waals surface area contributed by atoms with Gasteiger partial charge in [0.2, 0.25) is 0 Å². The summed E-state index contributed by atoms with van der Waals surface area (Å²) in [7, 11) is 0. The molecule has 2 heterocycles. The van der Waals surface area contributed by atoms with E-state index in [1.807, 2.05) is 0 Å². The van der Waals surface area contributed by atoms with Crippen molar-refractivity contribution in [1.82, 2.24) is 0 Å². The number of nitrogens with zero attached hydrogens (tertiary/aromatic N) is 1. The van der Waals surface area contributed by atoms with Crippen molar-refractivity contribution in [2.45, 2.75) is 95.7 Å². The number of allylic oxidation sites excluding steroid dienone is 1. The molecule has 33 heavy (non-hydrogen) atoms. The van der Waals surface area contributed by atoms with E-state index >= 15 is 0 Å². The van der Waals surface area contributed by atoms with Gasteiger partial charge in [0.05, 0.1) is 26.4 Å². The minimum atomic E-state index is -0.383. The van der Waals surface area contributed by atoms with Crippen LogP contribution >= 0.6 is 0 Å². The minimum absolute atomic E-state index is 0.121. The van der Waals surface area contributed by atoms with Crippen LogP contribution in [0.4, 0.5) is 0 Å². The molecular formula is C28H41NO4. The third-order valence-corrected chi connectivity index (χ3v) is 11.1. The fourth-order valence-electron chi connectivity index (χ4n) is 9.36. The molecule has 6 atom stereocenters. The molecule has 5 heteroatoms. The van der Waals surface area contributed by atoms with Crippen LogP contribution in [0.3, 0.4) is 0 Å². The molecule has 6 fully saturated rings. The van der Waals surface area contributed by atoms with Gasteiger partial charge in [-0.15, -0.1) is 0 Å². The summed E-state index contributed by atoms with van der Waals surface area (Å²) in [5.74, 6) is 1.97. The van der Waals surface area contributed by atoms with Gasteiger partial charge in [0.15, 0.2) is 11.6 Å². The average Bonchev–Trinajstić information content (AvgIpc) is 3.17. The zero-order chi connectivity index (χ0) is 22.3. The van der Waals surface area contributed by atoms with Crippen LogP contribution in [-0.4, -0.2) is 50.3 Å². The van der Waals surface area contributed by atoms with Crippen molar-refractivity contribution in [3.05, 3.63) is 11.6 Å². The maximum absolute atomic E-state index is 6.22. The second-order valence-corrected chi connectivity index (χ2v) is 12.6. The maximum atomic E-state index is 6.22. The maximum Gasteiger partial charge on any atom is 0.172 e. The monoisotopic (exact) mass is 455 g/mol. The molecule has 0 radical (unpaired) electrons. The Morgan fingerprint density at radius 1 is 0.848 bits per heavy atom. The molecule has 2 aliphatic heterocycles. The molecular weight excluding hydrogens is 414 g/mol. The smallest absolute Gasteiger partial charge is 0.172 e. The second kappa shape index (κ2) is 7.38. The van der Waals surface area contributed by atoms with E-state index in [4.69, 9.17) is 23.9 Å². The topological polar surface area (TPSA) is 49.3 Å². The normalized spacial score (nSPS) is 48.0. The lowest BCUT2D eigenvalue weighted by Crippen LogP contribution is -2.55. The zero-order valence-electron chi connectivity index (χ0n) is 20.5. The number of ether oxygens (including phenoxy) is 4. The summed E-state index contributed by atoms with van der Waals surface area (Å²) in [6, 6.07) is 0.581. The summed E-state index contributed by atoms with van der Waals surface area (Å²) in [4.78, 5) is 5.14. The van der Waals surface area contributed by atoms with Gasteiger partial charge in [-0.05, 0) is 81.5 Å². The van der Waals surface area contributed by atoms with Crippen molar-refractivity contribution >= 4 is 6.21 Å². The van der Waals surface area contributed by atoms with Crippen molar-refractivity contribution < 1.29 is 18.9 Å². The van der Waals surface area contributed by atoms with Gasteiger partial charge in [0.25, 0.3) is 0 Å². The quantitative estimate of drug-likeness (QED) is 0.429. The van der Waals surface area contributed by atoms with Crippen molar-refractivity contribution in [2.24, 2.45) is 39.5 Å². The SMILES string of the molecule is CC1([C@H]2CC[C@H]3[C@@H]4CC=C5CC6(CC[C@]5(C=NC5CC5)[C@H]4CC[C@]23C)OCCO6)OCCO1. The predicted molar refractivity (Wildman–Crippen MR) is 126 cm³/mol. The number of aliphatic imine (C=N–C) groups is 1. The van der Waals surface area contributed by atoms with Crippen LogP contribution in [0.2, 0.25) is 0 Å². The Balaban J connectivity index is 1.22. The van der Waals surface area contributed by atoms with Gasteiger partial charge in [-0.3, -0.25) is 4.99 Å². The Morgan fingerprint density at radius 3 is 2.36 bits per heavy atom. The molecule has 0 amide bonds. The lowest BCUT2D eigenvalue weighted by molar-refractivity contribution is -0.215. The number of hydrogen-bond acceptors (Lipinski definition) is 5. The first-order valence-electron chi connectivity index (χ1n) is 13.8. The van der Waals surface area contributed by atoms with Crippen molar-refractivity contribution in [3.8, 4) is 0 Å². The third kappa shape index (κ3) is 3.14. The van der Waals surface area contributed by atoms with Crippen LogP contribution < -0.4 is 0 Å². The first kappa shape index (κ1) is 21.5. The first-order valence-corrected chi connectivity index (χ1v) is 13.8. The lowest BCUT2D eigenvalue weighted by atomic mass is 9.46. The molecule has 0 aromatic carbocycles. The fourth-order valence-corrected chi connectivity index (χ4v) is 9.36. The molecule has 1 spiro atoms. The Hall–Kier alpha value is -0.750. The lowest BCUT2D eigenvalue weighted by Gasteiger charge is -2.59. The summed E-state index contributed by atoms with van der Waals surface area (Å²) in [6.45, 7) is 7.77. The van der Waals surface area contributed by atoms with Crippen LogP contribution in [0.5, 0.6) is 0 Å². The molecule has 182 valence electrons. The predicted octanol–water partition coefficient (Wildman–Crippen LogP) is 5.28. The summed E-state index contributed by atoms with van der Waals surface area (Å²) >= 11 is 0. The molecule has 2 saturated heterocycles. The van der Waals surface area contributed by atoms with Crippen LogP contribution in [0.15, 0.2) is 16.6 Å². The van der Waals surface area contributed by atoms with Crippen molar-refractivity contribution in [3.63, 3.8) is 0 Å². The Bertz CT molecular complexity index is 852. The highest BCUT2D eigenvalue weighted by molar-refractivity contribution is 5.73. The molecule has 0 N–H and O–H groups in total. The highest BCUT2D eigenvalue weighted by Crippen LogP contribution is 2.68. The molecule has 5 nitrogen and oxygen atoms in total. The number of fused-ring (bicyclic) bond motifs is 5. The molecule has 0 aromatic heterocycles. The summed E-state index contributed by atoms with van der Waals surface area (Å²) in [5, 5.41) is 0. The second-order valence-electron chi connectivity index (χ2n) is 12.6. The van der Waals surface area contributed by atoms with Crippen molar-refractivity contribution in [2.75, 3.05) is 26.4 Å². The molecule has 5 aliphatic carbocycles. The minimum Gasteiger partial charge on any atom is -0.348 e. The van der Waals surface area contributed by atoms with E-state index in [0.29, 0.717) is 23.3 Å². The van der Waals surface area contributed by atoms with Crippen LogP contribution in [-0.2, 0) is 18.9 Å². The van der Waals surface area contributed by atoms with Crippen LogP contribution in [0.25, 0.3) is 0 Å². The van der Waals surface area contributed by atoms with Gasteiger partial charge in [0, 0.05) is 36.4 Å². The van der Waals surface area contributed by atoms with E-state index < -0.39 is 0 Å². The Kier molecular flexibility index (Phi) is 4.81. The van der Waals surface area contributed by atoms with Gasteiger partial charge >= 0.3 is 0 Å². The van der Waals surface area contributed by atoms with Gasteiger partial charge in [0.1, 0.15) is 0 Å². The van der Waals surface area contributed by atoms with Gasteiger partial charge in [-0.1, -0.05) is 18.6 Å². The highest BCUT2D eigenvalue weighted by Gasteiger charge is 2.64. The summed E-state index contributed by atoms with van der Waals surface area (Å²) < 4.78 is 24.8. The van der Waals surface area contributed by atoms with E-state index in [1.54, 1.807) is 5.57 Å². The van der Waals surface area contributed by atoms with Gasteiger partial charge in [-0.25, -0.2) is 0 Å². The van der Waals surface area contributed by atoms with Crippen LogP contribution in [0.1, 0.15) is 78.1 Å². The molecule has 0 unspecified atom stereocenters. The molecule has 0 bridgehead atoms. The zero-order valence-corrected chi connectivity index (χ0v) is 20.5. The van der Waals surface area contributed by atoms with E-state index in [9.17, 15) is 0 Å². The summed E-state index contributed by atoms with van der Waals surface area (Å²) in [6.07, 6.45) is 17.0. The fraction of sp³-hybridized carbons (Fsp3) is 0.893. The third-order valence-electron chi connectivity index (χ3n) is 11.1. The first-order chi connectivity index (χ1) is 16.0. The molecule has 0 aromatic rings. The van der Waals surface area contributed by atoms with Gasteiger partial charge < -0.3 is 18.9 Å². The van der Waals surface area contributed by atoms with E-state index in [2.05, 4.69) is 26.1 Å². The standard InChI is InChI=1S/C28H41NO4/c1-25-10-9-23-21(22(25)7-8-24(25)26(2)30-13-14-31-26)6-3-19-17-28(32-15-16-33-28)12-11-27(19,23)18-29-20-4-5-20/h3,18,20-24H,4-17H2,1-2H3/t21-,22-,23-,24-,25-,27+/m0/s1. The highest BCUT2D eigenvalue weighted by atomic mass is 16.7. The Morgan fingerprint density at radius 2 is 1.61 bits per heavy atom. The largest absolute Gasteiger partial charge is 0.348 e. The number of hydrogen-bond donors (Lipinski definition) is 0. The van der Waals surface area contributed by atoms with Gasteiger partial charge in [-0.2, -0.15) is 0 Å². The number of rotatable bonds is 3. The van der Waals surface area contributed by atoms with E-state index in [-0.39, 0.29) is 17.0 Å². The van der Waals surface area contributed by atoms with Crippen LogP contribution in [0, 0.1) is 34.5 Å². The van der Waals surface area contributed by atoms with Crippen molar-refractivity contribution in [1.29, 1.82) is 0 Å². The molecule has 7 rings (SSSR count).